The van der Waals surface area contributed by atoms with Crippen molar-refractivity contribution in [2.24, 2.45) is 13.0 Å². The molecule has 0 unspecified atom stereocenters. The Bertz CT molecular complexity index is 1600. The summed E-state index contributed by atoms with van der Waals surface area (Å²) in [7, 11) is 1.95. The van der Waals surface area contributed by atoms with Crippen molar-refractivity contribution in [1.29, 1.82) is 0 Å². The molecule has 0 radical (unpaired) electrons. The third-order valence-corrected chi connectivity index (χ3v) is 7.71. The summed E-state index contributed by atoms with van der Waals surface area (Å²) in [4.78, 5) is 11.0. The minimum Gasteiger partial charge on any atom is -0.395 e. The summed E-state index contributed by atoms with van der Waals surface area (Å²) in [5.74, 6) is 0.611. The molecule has 0 amide bonds. The van der Waals surface area contributed by atoms with Gasteiger partial charge >= 0.3 is 0 Å². The van der Waals surface area contributed by atoms with Crippen LogP contribution in [-0.2, 0) is 13.6 Å². The molecule has 1 saturated heterocycles. The van der Waals surface area contributed by atoms with Crippen molar-refractivity contribution in [2.45, 2.75) is 19.4 Å². The monoisotopic (exact) mass is 490 g/mol. The van der Waals surface area contributed by atoms with Crippen LogP contribution in [-0.4, -0.2) is 55.6 Å². The quantitative estimate of drug-likeness (QED) is 0.319. The molecule has 1 fully saturated rings. The van der Waals surface area contributed by atoms with E-state index in [2.05, 4.69) is 49.9 Å². The number of fused-ring (bicyclic) bond motifs is 2. The minimum atomic E-state index is 0.230. The predicted octanol–water partition coefficient (Wildman–Crippen LogP) is 5.51. The van der Waals surface area contributed by atoms with E-state index in [1.807, 2.05) is 48.4 Å². The third-order valence-electron chi connectivity index (χ3n) is 7.71. The van der Waals surface area contributed by atoms with E-state index in [9.17, 15) is 5.11 Å². The zero-order valence-electron chi connectivity index (χ0n) is 21.0. The van der Waals surface area contributed by atoms with E-state index in [0.29, 0.717) is 11.6 Å². The van der Waals surface area contributed by atoms with E-state index in [4.69, 9.17) is 11.6 Å². The molecule has 2 aromatic carbocycles. The first-order valence-corrected chi connectivity index (χ1v) is 12.9. The number of aromatic nitrogens is 4. The smallest absolute Gasteiger partial charge is 0.187 e. The number of aryl methyl sites for hydroxylation is 1. The lowest BCUT2D eigenvalue weighted by atomic mass is 9.95. The van der Waals surface area contributed by atoms with Gasteiger partial charge in [-0.05, 0) is 55.6 Å². The molecule has 7 nitrogen and oxygen atoms in total. The largest absolute Gasteiger partial charge is 0.395 e. The number of β-amino-alcohol motifs (C(OH)–C–C–N with tert-alkyl or cyclic N) is 1. The highest BCUT2D eigenvalue weighted by Crippen LogP contribution is 2.39. The summed E-state index contributed by atoms with van der Waals surface area (Å²) < 4.78 is 4.23. The fourth-order valence-electron chi connectivity index (χ4n) is 5.65. The van der Waals surface area contributed by atoms with Crippen LogP contribution in [0.3, 0.4) is 0 Å². The second-order valence-electron chi connectivity index (χ2n) is 9.96. The van der Waals surface area contributed by atoms with Crippen molar-refractivity contribution in [3.05, 3.63) is 78.5 Å². The fourth-order valence-corrected chi connectivity index (χ4v) is 5.65. The van der Waals surface area contributed by atoms with Crippen LogP contribution in [0, 0.1) is 12.5 Å². The Kier molecular flexibility index (Phi) is 6.21. The fraction of sp³-hybridized carbons (Fsp3) is 0.300. The molecular weight excluding hydrogens is 460 g/mol. The van der Waals surface area contributed by atoms with E-state index in [1.54, 1.807) is 0 Å². The van der Waals surface area contributed by atoms with Gasteiger partial charge in [-0.3, -0.25) is 9.67 Å². The average Bonchev–Trinajstić information content (AvgIpc) is 3.52. The molecule has 7 heteroatoms. The van der Waals surface area contributed by atoms with Gasteiger partial charge in [-0.2, -0.15) is 5.10 Å². The summed E-state index contributed by atoms with van der Waals surface area (Å²) in [6.45, 7) is 11.4. The number of hydrogen-bond donors (Lipinski definition) is 1. The lowest BCUT2D eigenvalue weighted by molar-refractivity contribution is 0.142. The third kappa shape index (κ3) is 4.39. The van der Waals surface area contributed by atoms with Crippen LogP contribution in [0.15, 0.2) is 67.1 Å². The Morgan fingerprint density at radius 1 is 1.00 bits per heavy atom. The molecule has 0 spiro atoms. The normalized spacial score (nSPS) is 14.9. The van der Waals surface area contributed by atoms with Gasteiger partial charge in [0.15, 0.2) is 5.69 Å². The molecule has 1 aliphatic heterocycles. The Labute approximate surface area is 216 Å². The maximum absolute atomic E-state index is 9.25. The number of likely N-dealkylation sites (tertiary alicyclic amines) is 1. The van der Waals surface area contributed by atoms with Gasteiger partial charge in [0.05, 0.1) is 42.3 Å². The molecular formula is C30H30N6O. The van der Waals surface area contributed by atoms with Gasteiger partial charge in [-0.25, -0.2) is 4.85 Å². The Balaban J connectivity index is 1.42. The zero-order valence-corrected chi connectivity index (χ0v) is 21.0. The van der Waals surface area contributed by atoms with Crippen LogP contribution < -0.4 is 0 Å². The summed E-state index contributed by atoms with van der Waals surface area (Å²) in [5.41, 5.74) is 6.99. The summed E-state index contributed by atoms with van der Waals surface area (Å²) >= 11 is 0. The van der Waals surface area contributed by atoms with Crippen LogP contribution in [0.25, 0.3) is 49.0 Å². The van der Waals surface area contributed by atoms with Gasteiger partial charge in [0, 0.05) is 48.2 Å². The van der Waals surface area contributed by atoms with E-state index < -0.39 is 0 Å². The molecule has 0 saturated carbocycles. The maximum atomic E-state index is 9.25. The molecule has 4 heterocycles. The number of aliphatic hydroxyl groups is 1. The Morgan fingerprint density at radius 3 is 2.54 bits per heavy atom. The molecule has 3 aromatic heterocycles. The highest BCUT2D eigenvalue weighted by Gasteiger charge is 2.21. The molecule has 0 bridgehead atoms. The zero-order chi connectivity index (χ0) is 25.4. The van der Waals surface area contributed by atoms with Crippen molar-refractivity contribution >= 4 is 27.5 Å². The van der Waals surface area contributed by atoms with Crippen LogP contribution in [0.4, 0.5) is 5.69 Å². The number of aliphatic hydroxyl groups excluding tert-OH is 1. The minimum absolute atomic E-state index is 0.230. The maximum Gasteiger partial charge on any atom is 0.187 e. The molecule has 186 valence electrons. The first-order valence-electron chi connectivity index (χ1n) is 12.9. The number of hydrogen-bond acceptors (Lipinski definition) is 4. The highest BCUT2D eigenvalue weighted by molar-refractivity contribution is 6.02. The molecule has 0 aliphatic carbocycles. The summed E-state index contributed by atoms with van der Waals surface area (Å²) in [5, 5.41) is 15.9. The van der Waals surface area contributed by atoms with Crippen LogP contribution in [0.5, 0.6) is 0 Å². The first kappa shape index (κ1) is 23.4. The van der Waals surface area contributed by atoms with Crippen molar-refractivity contribution in [1.82, 2.24) is 24.2 Å². The van der Waals surface area contributed by atoms with E-state index >= 15 is 0 Å². The van der Waals surface area contributed by atoms with Crippen molar-refractivity contribution < 1.29 is 5.11 Å². The van der Waals surface area contributed by atoms with Crippen molar-refractivity contribution in [2.75, 3.05) is 26.2 Å². The lowest BCUT2D eigenvalue weighted by Gasteiger charge is -2.31. The molecule has 0 atom stereocenters. The topological polar surface area (TPSA) is 63.5 Å². The number of rotatable bonds is 6. The summed E-state index contributed by atoms with van der Waals surface area (Å²) in [6.07, 6.45) is 8.37. The van der Waals surface area contributed by atoms with Crippen molar-refractivity contribution in [3.63, 3.8) is 0 Å². The SMILES string of the molecule is [C-]#[N+]c1ccc(-c2c(-c3ccc4c(cnn4C)c3)ncc3c2ccn3CC2CCN(CCO)CC2)cc1. The highest BCUT2D eigenvalue weighted by atomic mass is 16.3. The van der Waals surface area contributed by atoms with Gasteiger partial charge in [0.25, 0.3) is 0 Å². The molecule has 1 N–H and O–H groups in total. The second kappa shape index (κ2) is 9.81. The van der Waals surface area contributed by atoms with E-state index in [0.717, 1.165) is 77.8 Å². The number of nitrogens with zero attached hydrogens (tertiary/aromatic N) is 6. The van der Waals surface area contributed by atoms with Gasteiger partial charge in [0.2, 0.25) is 0 Å². The van der Waals surface area contributed by atoms with Gasteiger partial charge in [-0.15, -0.1) is 0 Å². The number of benzene rings is 2. The van der Waals surface area contributed by atoms with Gasteiger partial charge < -0.3 is 14.6 Å². The molecule has 1 aliphatic rings. The second-order valence-corrected chi connectivity index (χ2v) is 9.96. The number of piperidine rings is 1. The molecule has 37 heavy (non-hydrogen) atoms. The van der Waals surface area contributed by atoms with Crippen molar-refractivity contribution in [3.8, 4) is 22.4 Å². The summed E-state index contributed by atoms with van der Waals surface area (Å²) in [6, 6.07) is 16.4. The molecule has 6 rings (SSSR count). The Morgan fingerprint density at radius 2 is 1.78 bits per heavy atom. The van der Waals surface area contributed by atoms with Crippen LogP contribution in [0.1, 0.15) is 12.8 Å². The van der Waals surface area contributed by atoms with E-state index in [1.165, 1.54) is 5.39 Å². The van der Waals surface area contributed by atoms with Crippen LogP contribution in [0.2, 0.25) is 0 Å². The van der Waals surface area contributed by atoms with Gasteiger partial charge in [-0.1, -0.05) is 30.3 Å². The first-order chi connectivity index (χ1) is 18.1. The average molecular weight is 491 g/mol. The van der Waals surface area contributed by atoms with Crippen LogP contribution >= 0.6 is 0 Å². The Hall–Kier alpha value is -3.99. The van der Waals surface area contributed by atoms with Gasteiger partial charge in [0.1, 0.15) is 0 Å². The standard InChI is InChI=1S/C30H30N6O/c1-31-25-6-3-22(4-7-25)29-26-11-14-36(20-21-9-12-35(13-10-21)15-16-37)28(26)19-32-30(29)23-5-8-27-24(17-23)18-33-34(27)2/h3-8,11,14,17-19,21,37H,9-10,12-13,15-16,20H2,2H3. The lowest BCUT2D eigenvalue weighted by Crippen LogP contribution is -2.36. The predicted molar refractivity (Wildman–Crippen MR) is 147 cm³/mol. The number of pyridine rings is 1. The van der Waals surface area contributed by atoms with E-state index in [-0.39, 0.29) is 6.61 Å². The molecule has 5 aromatic rings.